The molecule has 1 rings (SSSR count). The van der Waals surface area contributed by atoms with Crippen molar-refractivity contribution in [2.45, 2.75) is 38.8 Å². The summed E-state index contributed by atoms with van der Waals surface area (Å²) in [6.07, 6.45) is 0.126. The van der Waals surface area contributed by atoms with Gasteiger partial charge in [0.1, 0.15) is 5.60 Å². The molecule has 17 heavy (non-hydrogen) atoms. The third-order valence-electron chi connectivity index (χ3n) is 1.97. The molecule has 1 aromatic rings. The molecule has 0 aromatic carbocycles. The molecule has 0 aliphatic carbocycles. The number of hydrogen-bond donors (Lipinski definition) is 2. The lowest BCUT2D eigenvalue weighted by molar-refractivity contribution is 0.0483. The number of carbonyl (C=O) groups is 1. The van der Waals surface area contributed by atoms with Crippen LogP contribution in [0.15, 0.2) is 17.5 Å². The lowest BCUT2D eigenvalue weighted by Crippen LogP contribution is -2.42. The van der Waals surface area contributed by atoms with Gasteiger partial charge in [-0.05, 0) is 32.2 Å². The van der Waals surface area contributed by atoms with Crippen LogP contribution < -0.4 is 5.32 Å². The van der Waals surface area contributed by atoms with Crippen LogP contribution in [0.5, 0.6) is 0 Å². The van der Waals surface area contributed by atoms with Gasteiger partial charge in [0.25, 0.3) is 0 Å². The van der Waals surface area contributed by atoms with Gasteiger partial charge in [0.05, 0.1) is 12.6 Å². The predicted octanol–water partition coefficient (Wildman–Crippen LogP) is 2.18. The minimum Gasteiger partial charge on any atom is -0.444 e. The third-order valence-corrected chi connectivity index (χ3v) is 2.87. The lowest BCUT2D eigenvalue weighted by Gasteiger charge is -2.22. The van der Waals surface area contributed by atoms with E-state index in [1.54, 1.807) is 32.1 Å². The van der Waals surface area contributed by atoms with Crippen LogP contribution in [0, 0.1) is 0 Å². The van der Waals surface area contributed by atoms with Crippen molar-refractivity contribution in [2.24, 2.45) is 0 Å². The van der Waals surface area contributed by atoms with E-state index in [0.29, 0.717) is 6.42 Å². The molecule has 0 saturated carbocycles. The Bertz CT molecular complexity index is 343. The Hall–Kier alpha value is -1.07. The van der Waals surface area contributed by atoms with E-state index in [9.17, 15) is 9.90 Å². The summed E-state index contributed by atoms with van der Waals surface area (Å²) in [4.78, 5) is 12.6. The van der Waals surface area contributed by atoms with Gasteiger partial charge in [-0.15, -0.1) is 11.3 Å². The zero-order chi connectivity index (χ0) is 12.9. The van der Waals surface area contributed by atoms with E-state index in [2.05, 4.69) is 5.32 Å². The summed E-state index contributed by atoms with van der Waals surface area (Å²) < 4.78 is 5.13. The maximum Gasteiger partial charge on any atom is 0.407 e. The second-order valence-electron chi connectivity index (χ2n) is 4.81. The molecule has 0 radical (unpaired) electrons. The van der Waals surface area contributed by atoms with E-state index in [-0.39, 0.29) is 12.6 Å². The largest absolute Gasteiger partial charge is 0.444 e. The molecule has 5 heteroatoms. The summed E-state index contributed by atoms with van der Waals surface area (Å²) in [6, 6.07) is 3.62. The molecular formula is C12H19NO3S. The first-order valence-corrected chi connectivity index (χ1v) is 6.41. The van der Waals surface area contributed by atoms with Gasteiger partial charge in [-0.25, -0.2) is 4.79 Å². The molecule has 96 valence electrons. The Balaban J connectivity index is 2.44. The molecule has 0 fully saturated rings. The van der Waals surface area contributed by atoms with Gasteiger partial charge in [-0.1, -0.05) is 6.07 Å². The van der Waals surface area contributed by atoms with E-state index in [1.807, 2.05) is 17.5 Å². The number of thiophene rings is 1. The first-order chi connectivity index (χ1) is 7.90. The van der Waals surface area contributed by atoms with E-state index in [0.717, 1.165) is 4.88 Å². The first kappa shape index (κ1) is 14.0. The van der Waals surface area contributed by atoms with Crippen molar-refractivity contribution in [1.82, 2.24) is 5.32 Å². The van der Waals surface area contributed by atoms with Crippen LogP contribution in [-0.2, 0) is 11.2 Å². The summed E-state index contributed by atoms with van der Waals surface area (Å²) in [6.45, 7) is 5.32. The summed E-state index contributed by atoms with van der Waals surface area (Å²) in [7, 11) is 0. The van der Waals surface area contributed by atoms with Crippen molar-refractivity contribution < 1.29 is 14.6 Å². The lowest BCUT2D eigenvalue weighted by atomic mass is 10.2. The smallest absolute Gasteiger partial charge is 0.407 e. The van der Waals surface area contributed by atoms with Crippen molar-refractivity contribution in [3.8, 4) is 0 Å². The summed E-state index contributed by atoms with van der Waals surface area (Å²) in [5.74, 6) is 0. The highest BCUT2D eigenvalue weighted by molar-refractivity contribution is 7.09. The molecule has 0 aliphatic heterocycles. The maximum atomic E-state index is 11.5. The topological polar surface area (TPSA) is 58.6 Å². The van der Waals surface area contributed by atoms with Gasteiger partial charge in [0.2, 0.25) is 0 Å². The van der Waals surface area contributed by atoms with E-state index in [4.69, 9.17) is 4.74 Å². The number of aliphatic hydroxyl groups is 1. The zero-order valence-electron chi connectivity index (χ0n) is 10.4. The SMILES string of the molecule is CC(C)(C)OC(=O)N[C@H](CO)Cc1cccs1. The quantitative estimate of drug-likeness (QED) is 0.869. The van der Waals surface area contributed by atoms with Crippen LogP contribution in [0.25, 0.3) is 0 Å². The molecule has 1 heterocycles. The van der Waals surface area contributed by atoms with Gasteiger partial charge < -0.3 is 15.2 Å². The standard InChI is InChI=1S/C12H19NO3S/c1-12(2,3)16-11(15)13-9(8-14)7-10-5-4-6-17-10/h4-6,9,14H,7-8H2,1-3H3,(H,13,15)/t9-/m0/s1. The summed E-state index contributed by atoms with van der Waals surface area (Å²) in [5, 5.41) is 13.8. The second kappa shape index (κ2) is 6.02. The highest BCUT2D eigenvalue weighted by Gasteiger charge is 2.19. The monoisotopic (exact) mass is 257 g/mol. The van der Waals surface area contributed by atoms with Crippen LogP contribution in [-0.4, -0.2) is 29.4 Å². The number of rotatable bonds is 4. The first-order valence-electron chi connectivity index (χ1n) is 5.53. The fraction of sp³-hybridized carbons (Fsp3) is 0.583. The average molecular weight is 257 g/mol. The predicted molar refractivity (Wildman–Crippen MR) is 68.3 cm³/mol. The zero-order valence-corrected chi connectivity index (χ0v) is 11.2. The van der Waals surface area contributed by atoms with Crippen molar-refractivity contribution in [1.29, 1.82) is 0 Å². The Morgan fingerprint density at radius 1 is 1.59 bits per heavy atom. The molecular weight excluding hydrogens is 238 g/mol. The van der Waals surface area contributed by atoms with E-state index >= 15 is 0 Å². The molecule has 0 unspecified atom stereocenters. The number of ether oxygens (including phenoxy) is 1. The molecule has 1 atom stereocenters. The van der Waals surface area contributed by atoms with Gasteiger partial charge in [0.15, 0.2) is 0 Å². The molecule has 4 nitrogen and oxygen atoms in total. The average Bonchev–Trinajstić information content (AvgIpc) is 2.66. The fourth-order valence-electron chi connectivity index (χ4n) is 1.31. The van der Waals surface area contributed by atoms with Crippen LogP contribution in [0.3, 0.4) is 0 Å². The number of hydrogen-bond acceptors (Lipinski definition) is 4. The molecule has 1 amide bonds. The molecule has 2 N–H and O–H groups in total. The minimum absolute atomic E-state index is 0.100. The highest BCUT2D eigenvalue weighted by Crippen LogP contribution is 2.12. The Kier molecular flexibility index (Phi) is 4.96. The molecule has 0 saturated heterocycles. The molecule has 0 bridgehead atoms. The van der Waals surface area contributed by atoms with Crippen LogP contribution >= 0.6 is 11.3 Å². The minimum atomic E-state index is -0.521. The number of alkyl carbamates (subject to hydrolysis) is 1. The number of nitrogens with one attached hydrogen (secondary N) is 1. The van der Waals surface area contributed by atoms with Crippen LogP contribution in [0.2, 0.25) is 0 Å². The van der Waals surface area contributed by atoms with Crippen molar-refractivity contribution in [2.75, 3.05) is 6.61 Å². The van der Waals surface area contributed by atoms with E-state index < -0.39 is 11.7 Å². The second-order valence-corrected chi connectivity index (χ2v) is 5.84. The Morgan fingerprint density at radius 2 is 2.29 bits per heavy atom. The molecule has 1 aromatic heterocycles. The maximum absolute atomic E-state index is 11.5. The molecule has 0 aliphatic rings. The van der Waals surface area contributed by atoms with Crippen molar-refractivity contribution in [3.05, 3.63) is 22.4 Å². The van der Waals surface area contributed by atoms with Gasteiger partial charge in [-0.2, -0.15) is 0 Å². The summed E-state index contributed by atoms with van der Waals surface area (Å²) in [5.41, 5.74) is -0.521. The number of aliphatic hydroxyl groups excluding tert-OH is 1. The van der Waals surface area contributed by atoms with Crippen molar-refractivity contribution >= 4 is 17.4 Å². The third kappa shape index (κ3) is 5.70. The van der Waals surface area contributed by atoms with Gasteiger partial charge in [-0.3, -0.25) is 0 Å². The number of carbonyl (C=O) groups excluding carboxylic acids is 1. The van der Waals surface area contributed by atoms with Gasteiger partial charge >= 0.3 is 6.09 Å². The van der Waals surface area contributed by atoms with Crippen molar-refractivity contribution in [3.63, 3.8) is 0 Å². The van der Waals surface area contributed by atoms with E-state index in [1.165, 1.54) is 0 Å². The Labute approximate surface area is 106 Å². The molecule has 0 spiro atoms. The number of amides is 1. The van der Waals surface area contributed by atoms with Gasteiger partial charge in [0, 0.05) is 11.3 Å². The van der Waals surface area contributed by atoms with Crippen LogP contribution in [0.1, 0.15) is 25.6 Å². The highest BCUT2D eigenvalue weighted by atomic mass is 32.1. The Morgan fingerprint density at radius 3 is 2.76 bits per heavy atom. The normalized spacial score (nSPS) is 13.2. The fourth-order valence-corrected chi connectivity index (χ4v) is 2.09. The van der Waals surface area contributed by atoms with Crippen LogP contribution in [0.4, 0.5) is 4.79 Å². The summed E-state index contributed by atoms with van der Waals surface area (Å²) >= 11 is 1.60.